The molecule has 90 valence electrons. The van der Waals surface area contributed by atoms with Crippen LogP contribution in [0.15, 0.2) is 35.2 Å². The van der Waals surface area contributed by atoms with Crippen molar-refractivity contribution in [3.8, 4) is 11.4 Å². The maximum Gasteiger partial charge on any atom is 0.122 e. The van der Waals surface area contributed by atoms with Crippen LogP contribution in [-0.4, -0.2) is 16.7 Å². The summed E-state index contributed by atoms with van der Waals surface area (Å²) in [6.07, 6.45) is 3.53. The number of methoxy groups -OCH3 is 1. The molecule has 17 heavy (non-hydrogen) atoms. The Hall–Kier alpha value is -1.33. The molecule has 0 amide bonds. The Kier molecular flexibility index (Phi) is 3.49. The van der Waals surface area contributed by atoms with Crippen molar-refractivity contribution in [2.75, 3.05) is 7.11 Å². The summed E-state index contributed by atoms with van der Waals surface area (Å²) in [5, 5.41) is 0. The SMILES string of the molecule is COc1cc(Br)cc(-n2cncc2[C@H](C)N)c1. The van der Waals surface area contributed by atoms with E-state index < -0.39 is 0 Å². The first-order chi connectivity index (χ1) is 8.11. The molecule has 0 fully saturated rings. The minimum absolute atomic E-state index is 0.0672. The summed E-state index contributed by atoms with van der Waals surface area (Å²) in [6, 6.07) is 5.78. The number of nitrogens with zero attached hydrogens (tertiary/aromatic N) is 2. The van der Waals surface area contributed by atoms with Crippen LogP contribution in [0.1, 0.15) is 18.7 Å². The molecule has 0 aliphatic carbocycles. The van der Waals surface area contributed by atoms with Gasteiger partial charge in [0.1, 0.15) is 5.75 Å². The van der Waals surface area contributed by atoms with E-state index in [9.17, 15) is 0 Å². The minimum atomic E-state index is -0.0672. The van der Waals surface area contributed by atoms with Gasteiger partial charge in [0, 0.05) is 16.6 Å². The molecule has 2 aromatic rings. The van der Waals surface area contributed by atoms with Crippen molar-refractivity contribution in [1.29, 1.82) is 0 Å². The predicted molar refractivity (Wildman–Crippen MR) is 70.4 cm³/mol. The van der Waals surface area contributed by atoms with Crippen LogP contribution in [0.2, 0.25) is 0 Å². The molecule has 0 spiro atoms. The summed E-state index contributed by atoms with van der Waals surface area (Å²) < 4.78 is 8.15. The summed E-state index contributed by atoms with van der Waals surface area (Å²) in [7, 11) is 1.64. The number of hydrogen-bond acceptors (Lipinski definition) is 3. The normalized spacial score (nSPS) is 12.5. The first kappa shape index (κ1) is 12.1. The molecule has 0 radical (unpaired) electrons. The average molecular weight is 296 g/mol. The zero-order chi connectivity index (χ0) is 12.4. The molecular formula is C12H14BrN3O. The maximum atomic E-state index is 5.90. The quantitative estimate of drug-likeness (QED) is 0.947. The first-order valence-corrected chi connectivity index (χ1v) is 6.04. The molecule has 1 aromatic carbocycles. The number of nitrogens with two attached hydrogens (primary N) is 1. The summed E-state index contributed by atoms with van der Waals surface area (Å²) >= 11 is 3.46. The summed E-state index contributed by atoms with van der Waals surface area (Å²) in [6.45, 7) is 1.93. The molecule has 0 saturated carbocycles. The number of ether oxygens (including phenoxy) is 1. The highest BCUT2D eigenvalue weighted by Gasteiger charge is 2.09. The van der Waals surface area contributed by atoms with Gasteiger partial charge in [0.05, 0.1) is 31.0 Å². The molecular weight excluding hydrogens is 282 g/mol. The van der Waals surface area contributed by atoms with Crippen molar-refractivity contribution in [1.82, 2.24) is 9.55 Å². The minimum Gasteiger partial charge on any atom is -0.497 e. The second kappa shape index (κ2) is 4.89. The van der Waals surface area contributed by atoms with Crippen molar-refractivity contribution in [2.45, 2.75) is 13.0 Å². The predicted octanol–water partition coefficient (Wildman–Crippen LogP) is 2.66. The van der Waals surface area contributed by atoms with Crippen molar-refractivity contribution >= 4 is 15.9 Å². The van der Waals surface area contributed by atoms with E-state index in [1.165, 1.54) is 0 Å². The highest BCUT2D eigenvalue weighted by Crippen LogP contribution is 2.25. The van der Waals surface area contributed by atoms with Gasteiger partial charge in [0.2, 0.25) is 0 Å². The number of aromatic nitrogens is 2. The zero-order valence-corrected chi connectivity index (χ0v) is 11.3. The third-order valence-electron chi connectivity index (χ3n) is 2.50. The molecule has 0 aliphatic heterocycles. The number of hydrogen-bond donors (Lipinski definition) is 1. The second-order valence-electron chi connectivity index (χ2n) is 3.83. The van der Waals surface area contributed by atoms with Gasteiger partial charge < -0.3 is 15.0 Å². The third kappa shape index (κ3) is 2.50. The summed E-state index contributed by atoms with van der Waals surface area (Å²) in [5.74, 6) is 0.790. The fraction of sp³-hybridized carbons (Fsp3) is 0.250. The van der Waals surface area contributed by atoms with Crippen LogP contribution >= 0.6 is 15.9 Å². The molecule has 0 bridgehead atoms. The van der Waals surface area contributed by atoms with Gasteiger partial charge >= 0.3 is 0 Å². The van der Waals surface area contributed by atoms with Crippen LogP contribution < -0.4 is 10.5 Å². The van der Waals surface area contributed by atoms with E-state index in [4.69, 9.17) is 10.5 Å². The second-order valence-corrected chi connectivity index (χ2v) is 4.74. The number of imidazole rings is 1. The largest absolute Gasteiger partial charge is 0.497 e. The molecule has 2 N–H and O–H groups in total. The van der Waals surface area contributed by atoms with E-state index >= 15 is 0 Å². The maximum absolute atomic E-state index is 5.90. The molecule has 1 heterocycles. The molecule has 0 aliphatic rings. The molecule has 0 saturated heterocycles. The lowest BCUT2D eigenvalue weighted by Gasteiger charge is -2.12. The van der Waals surface area contributed by atoms with Crippen LogP contribution in [0.25, 0.3) is 5.69 Å². The van der Waals surface area contributed by atoms with E-state index in [-0.39, 0.29) is 6.04 Å². The number of rotatable bonds is 3. The van der Waals surface area contributed by atoms with Gasteiger partial charge in [-0.1, -0.05) is 15.9 Å². The molecule has 2 rings (SSSR count). The first-order valence-electron chi connectivity index (χ1n) is 5.24. The number of halogens is 1. The van der Waals surface area contributed by atoms with Gasteiger partial charge in [-0.3, -0.25) is 0 Å². The Morgan fingerprint density at radius 2 is 2.18 bits per heavy atom. The lowest BCUT2D eigenvalue weighted by Crippen LogP contribution is -2.10. The van der Waals surface area contributed by atoms with Crippen molar-refractivity contribution in [2.24, 2.45) is 5.73 Å². The van der Waals surface area contributed by atoms with Crippen molar-refractivity contribution in [3.63, 3.8) is 0 Å². The summed E-state index contributed by atoms with van der Waals surface area (Å²) in [4.78, 5) is 4.13. The van der Waals surface area contributed by atoms with Gasteiger partial charge in [-0.05, 0) is 19.1 Å². The lowest BCUT2D eigenvalue weighted by molar-refractivity contribution is 0.414. The smallest absolute Gasteiger partial charge is 0.122 e. The van der Waals surface area contributed by atoms with Gasteiger partial charge in [0.25, 0.3) is 0 Å². The van der Waals surface area contributed by atoms with Gasteiger partial charge in [0.15, 0.2) is 0 Å². The van der Waals surface area contributed by atoms with Gasteiger partial charge in [-0.2, -0.15) is 0 Å². The topological polar surface area (TPSA) is 53.1 Å². The lowest BCUT2D eigenvalue weighted by atomic mass is 10.2. The highest BCUT2D eigenvalue weighted by molar-refractivity contribution is 9.10. The van der Waals surface area contributed by atoms with Crippen molar-refractivity contribution < 1.29 is 4.74 Å². The van der Waals surface area contributed by atoms with Crippen LogP contribution in [0.4, 0.5) is 0 Å². The molecule has 4 nitrogen and oxygen atoms in total. The molecule has 5 heteroatoms. The monoisotopic (exact) mass is 295 g/mol. The summed E-state index contributed by atoms with van der Waals surface area (Å²) in [5.41, 5.74) is 7.84. The number of benzene rings is 1. The van der Waals surface area contributed by atoms with Crippen molar-refractivity contribution in [3.05, 3.63) is 40.9 Å². The van der Waals surface area contributed by atoms with E-state index in [1.807, 2.05) is 29.7 Å². The Bertz CT molecular complexity index is 522. The Labute approximate surface area is 109 Å². The van der Waals surface area contributed by atoms with E-state index in [1.54, 1.807) is 19.6 Å². The van der Waals surface area contributed by atoms with Crippen LogP contribution in [-0.2, 0) is 0 Å². The van der Waals surface area contributed by atoms with Crippen LogP contribution in [0.5, 0.6) is 5.75 Å². The average Bonchev–Trinajstić information content (AvgIpc) is 2.77. The molecule has 1 atom stereocenters. The third-order valence-corrected chi connectivity index (χ3v) is 2.96. The Morgan fingerprint density at radius 1 is 1.41 bits per heavy atom. The van der Waals surface area contributed by atoms with Crippen LogP contribution in [0.3, 0.4) is 0 Å². The molecule has 1 aromatic heterocycles. The molecule has 0 unspecified atom stereocenters. The standard InChI is InChI=1S/C12H14BrN3O/c1-8(14)12-6-15-7-16(12)10-3-9(13)4-11(5-10)17-2/h3-8H,14H2,1-2H3/t8-/m0/s1. The zero-order valence-electron chi connectivity index (χ0n) is 9.72. The Balaban J connectivity index is 2.52. The fourth-order valence-corrected chi connectivity index (χ4v) is 2.12. The van der Waals surface area contributed by atoms with E-state index in [2.05, 4.69) is 20.9 Å². The van der Waals surface area contributed by atoms with Gasteiger partial charge in [-0.15, -0.1) is 0 Å². The van der Waals surface area contributed by atoms with E-state index in [0.717, 1.165) is 21.6 Å². The highest BCUT2D eigenvalue weighted by atomic mass is 79.9. The van der Waals surface area contributed by atoms with E-state index in [0.29, 0.717) is 0 Å². The van der Waals surface area contributed by atoms with Gasteiger partial charge in [-0.25, -0.2) is 4.98 Å². The Morgan fingerprint density at radius 3 is 2.82 bits per heavy atom. The van der Waals surface area contributed by atoms with Crippen LogP contribution in [0, 0.1) is 0 Å². The fourth-order valence-electron chi connectivity index (χ4n) is 1.66.